The number of piperazine rings is 1. The highest BCUT2D eigenvalue weighted by atomic mass is 35.5. The molecule has 1 amide bonds. The Kier molecular flexibility index (Phi) is 7.30. The fraction of sp³-hybridized carbons (Fsp3) is 0.500. The third-order valence-electron chi connectivity index (χ3n) is 6.22. The van der Waals surface area contributed by atoms with Crippen LogP contribution < -0.4 is 9.64 Å². The van der Waals surface area contributed by atoms with E-state index in [9.17, 15) is 4.79 Å². The van der Waals surface area contributed by atoms with Crippen LogP contribution in [0, 0.1) is 12.8 Å². The number of aromatic nitrogens is 1. The lowest BCUT2D eigenvalue weighted by Gasteiger charge is -2.39. The highest BCUT2D eigenvalue weighted by Gasteiger charge is 2.27. The Balaban J connectivity index is 1.22. The molecule has 3 heterocycles. The number of benzene rings is 1. The molecule has 1 atom stereocenters. The Bertz CT molecular complexity index is 871. The van der Waals surface area contributed by atoms with Gasteiger partial charge in [0.1, 0.15) is 11.6 Å². The highest BCUT2D eigenvalue weighted by Crippen LogP contribution is 2.23. The van der Waals surface area contributed by atoms with Crippen molar-refractivity contribution >= 4 is 23.3 Å². The number of likely N-dealkylation sites (tertiary alicyclic amines) is 1. The van der Waals surface area contributed by atoms with Crippen molar-refractivity contribution in [3.8, 4) is 5.75 Å². The van der Waals surface area contributed by atoms with Gasteiger partial charge in [0.2, 0.25) is 0 Å². The van der Waals surface area contributed by atoms with E-state index in [-0.39, 0.29) is 12.5 Å². The summed E-state index contributed by atoms with van der Waals surface area (Å²) < 4.78 is 5.77. The number of pyridine rings is 1. The lowest BCUT2D eigenvalue weighted by molar-refractivity contribution is -0.135. The predicted molar refractivity (Wildman–Crippen MR) is 124 cm³/mol. The first kappa shape index (κ1) is 21.9. The van der Waals surface area contributed by atoms with Crippen LogP contribution in [0.25, 0.3) is 0 Å². The molecule has 2 fully saturated rings. The molecule has 2 saturated heterocycles. The predicted octanol–water partition coefficient (Wildman–Crippen LogP) is 3.48. The number of rotatable bonds is 6. The number of carbonyl (C=O) groups excluding carboxylic acids is 1. The van der Waals surface area contributed by atoms with E-state index < -0.39 is 0 Å². The number of ether oxygens (including phenoxy) is 1. The third-order valence-corrected chi connectivity index (χ3v) is 6.46. The zero-order chi connectivity index (χ0) is 21.6. The van der Waals surface area contributed by atoms with E-state index in [1.54, 1.807) is 6.07 Å². The van der Waals surface area contributed by atoms with E-state index >= 15 is 0 Å². The minimum Gasteiger partial charge on any atom is -0.483 e. The lowest BCUT2D eigenvalue weighted by Crippen LogP contribution is -2.50. The smallest absolute Gasteiger partial charge is 0.260 e. The summed E-state index contributed by atoms with van der Waals surface area (Å²) in [4.78, 5) is 24.1. The van der Waals surface area contributed by atoms with Gasteiger partial charge in [-0.3, -0.25) is 9.69 Å². The molecule has 0 aliphatic carbocycles. The Labute approximate surface area is 189 Å². The van der Waals surface area contributed by atoms with Gasteiger partial charge in [-0.1, -0.05) is 17.7 Å². The molecule has 2 aliphatic heterocycles. The van der Waals surface area contributed by atoms with E-state index in [1.165, 1.54) is 6.42 Å². The second-order valence-corrected chi connectivity index (χ2v) is 8.96. The highest BCUT2D eigenvalue weighted by molar-refractivity contribution is 6.30. The van der Waals surface area contributed by atoms with E-state index in [2.05, 4.69) is 20.9 Å². The van der Waals surface area contributed by atoms with Crippen LogP contribution in [0.15, 0.2) is 42.6 Å². The number of hydrogen-bond acceptors (Lipinski definition) is 5. The average molecular weight is 443 g/mol. The number of hydrogen-bond donors (Lipinski definition) is 0. The van der Waals surface area contributed by atoms with Gasteiger partial charge in [0, 0.05) is 57.0 Å². The monoisotopic (exact) mass is 442 g/mol. The minimum atomic E-state index is 0.0685. The van der Waals surface area contributed by atoms with Crippen molar-refractivity contribution in [3.05, 3.63) is 53.2 Å². The average Bonchev–Trinajstić information content (AvgIpc) is 2.79. The van der Waals surface area contributed by atoms with Crippen LogP contribution in [0.5, 0.6) is 5.75 Å². The maximum absolute atomic E-state index is 12.7. The van der Waals surface area contributed by atoms with Gasteiger partial charge >= 0.3 is 0 Å². The van der Waals surface area contributed by atoms with E-state index in [0.717, 1.165) is 69.4 Å². The lowest BCUT2D eigenvalue weighted by atomic mass is 9.97. The summed E-state index contributed by atoms with van der Waals surface area (Å²) in [6.45, 7) is 8.81. The number of nitrogens with zero attached hydrogens (tertiary/aromatic N) is 4. The molecule has 1 unspecified atom stereocenters. The molecular formula is C24H31ClN4O2. The van der Waals surface area contributed by atoms with Crippen molar-refractivity contribution in [1.29, 1.82) is 0 Å². The van der Waals surface area contributed by atoms with Gasteiger partial charge in [0.05, 0.1) is 0 Å². The first-order chi connectivity index (χ1) is 15.1. The van der Waals surface area contributed by atoms with Crippen LogP contribution in [-0.4, -0.2) is 73.1 Å². The van der Waals surface area contributed by atoms with Gasteiger partial charge in [0.25, 0.3) is 5.91 Å². The number of halogens is 1. The summed E-state index contributed by atoms with van der Waals surface area (Å²) in [5.74, 6) is 2.37. The quantitative estimate of drug-likeness (QED) is 0.685. The van der Waals surface area contributed by atoms with Gasteiger partial charge in [0.15, 0.2) is 6.61 Å². The van der Waals surface area contributed by atoms with Gasteiger partial charge in [-0.2, -0.15) is 0 Å². The first-order valence-electron chi connectivity index (χ1n) is 11.1. The molecular weight excluding hydrogens is 412 g/mol. The van der Waals surface area contributed by atoms with Crippen LogP contribution in [0.3, 0.4) is 0 Å². The largest absolute Gasteiger partial charge is 0.483 e. The van der Waals surface area contributed by atoms with Crippen molar-refractivity contribution in [2.24, 2.45) is 5.92 Å². The van der Waals surface area contributed by atoms with Crippen molar-refractivity contribution in [2.75, 3.05) is 57.3 Å². The van der Waals surface area contributed by atoms with Gasteiger partial charge < -0.3 is 14.5 Å². The SMILES string of the molecule is Cc1cc(Cl)ccc1OCC(=O)N1CCCC(CN2CCN(c3ccccn3)CC2)C1. The maximum Gasteiger partial charge on any atom is 0.260 e. The van der Waals surface area contributed by atoms with E-state index in [1.807, 2.05) is 42.3 Å². The summed E-state index contributed by atoms with van der Waals surface area (Å²) in [6, 6.07) is 11.5. The minimum absolute atomic E-state index is 0.0685. The molecule has 2 aliphatic rings. The summed E-state index contributed by atoms with van der Waals surface area (Å²) >= 11 is 6.00. The number of amides is 1. The van der Waals surface area contributed by atoms with E-state index in [0.29, 0.717) is 10.9 Å². The van der Waals surface area contributed by atoms with Crippen molar-refractivity contribution in [3.63, 3.8) is 0 Å². The third kappa shape index (κ3) is 5.89. The first-order valence-corrected chi connectivity index (χ1v) is 11.5. The van der Waals surface area contributed by atoms with Crippen LogP contribution >= 0.6 is 11.6 Å². The fourth-order valence-electron chi connectivity index (χ4n) is 4.51. The second-order valence-electron chi connectivity index (χ2n) is 8.52. The Morgan fingerprint density at radius 3 is 2.74 bits per heavy atom. The Hall–Kier alpha value is -2.31. The maximum atomic E-state index is 12.7. The number of piperidine rings is 1. The second kappa shape index (κ2) is 10.3. The molecule has 2 aromatic rings. The van der Waals surface area contributed by atoms with Crippen molar-refractivity contribution < 1.29 is 9.53 Å². The van der Waals surface area contributed by atoms with Gasteiger partial charge in [-0.25, -0.2) is 4.98 Å². The molecule has 1 aromatic heterocycles. The standard InChI is InChI=1S/C24H31ClN4O2/c1-19-15-21(25)7-8-22(19)31-18-24(30)29-10-4-5-20(17-29)16-27-11-13-28(14-12-27)23-6-2-3-9-26-23/h2-3,6-9,15,20H,4-5,10-14,16-18H2,1H3. The topological polar surface area (TPSA) is 48.9 Å². The molecule has 166 valence electrons. The van der Waals surface area contributed by atoms with Crippen molar-refractivity contribution in [1.82, 2.24) is 14.8 Å². The Morgan fingerprint density at radius 2 is 2.00 bits per heavy atom. The van der Waals surface area contributed by atoms with Gasteiger partial charge in [-0.05, 0) is 61.6 Å². The van der Waals surface area contributed by atoms with Crippen molar-refractivity contribution in [2.45, 2.75) is 19.8 Å². The molecule has 0 saturated carbocycles. The fourth-order valence-corrected chi connectivity index (χ4v) is 4.74. The number of aryl methyl sites for hydroxylation is 1. The van der Waals surface area contributed by atoms with Crippen LogP contribution in [-0.2, 0) is 4.79 Å². The molecule has 1 aromatic carbocycles. The molecule has 0 bridgehead atoms. The summed E-state index contributed by atoms with van der Waals surface area (Å²) in [5, 5.41) is 0.677. The normalized spacial score (nSPS) is 20.0. The molecule has 6 nitrogen and oxygen atoms in total. The zero-order valence-corrected chi connectivity index (χ0v) is 18.9. The zero-order valence-electron chi connectivity index (χ0n) is 18.2. The molecule has 0 spiro atoms. The molecule has 4 rings (SSSR count). The van der Waals surface area contributed by atoms with Crippen LogP contribution in [0.1, 0.15) is 18.4 Å². The summed E-state index contributed by atoms with van der Waals surface area (Å²) in [6.07, 6.45) is 4.10. The Morgan fingerprint density at radius 1 is 1.16 bits per heavy atom. The van der Waals surface area contributed by atoms with Gasteiger partial charge in [-0.15, -0.1) is 0 Å². The summed E-state index contributed by atoms with van der Waals surface area (Å²) in [7, 11) is 0. The molecule has 7 heteroatoms. The van der Waals surface area contributed by atoms with Crippen LogP contribution in [0.4, 0.5) is 5.82 Å². The van der Waals surface area contributed by atoms with Crippen LogP contribution in [0.2, 0.25) is 5.02 Å². The molecule has 0 N–H and O–H groups in total. The molecule has 31 heavy (non-hydrogen) atoms. The number of carbonyl (C=O) groups is 1. The molecule has 0 radical (unpaired) electrons. The number of anilines is 1. The summed E-state index contributed by atoms with van der Waals surface area (Å²) in [5.41, 5.74) is 0.946. The van der Waals surface area contributed by atoms with E-state index in [4.69, 9.17) is 16.3 Å².